The van der Waals surface area contributed by atoms with Crippen molar-refractivity contribution in [3.05, 3.63) is 51.5 Å². The molecule has 1 aromatic carbocycles. The van der Waals surface area contributed by atoms with Gasteiger partial charge in [-0.2, -0.15) is 0 Å². The van der Waals surface area contributed by atoms with Crippen LogP contribution < -0.4 is 16.0 Å². The topological polar surface area (TPSA) is 70.2 Å². The summed E-state index contributed by atoms with van der Waals surface area (Å²) in [5.74, 6) is -0.904. The first-order valence-corrected chi connectivity index (χ1v) is 9.04. The number of thiophene rings is 1. The molecule has 8 heteroatoms. The fourth-order valence-corrected chi connectivity index (χ4v) is 3.75. The second-order valence-corrected chi connectivity index (χ2v) is 6.99. The third kappa shape index (κ3) is 4.81. The lowest BCUT2D eigenvalue weighted by Crippen LogP contribution is -2.29. The number of carbonyl (C=O) groups is 2. The van der Waals surface area contributed by atoms with Gasteiger partial charge in [-0.15, -0.1) is 23.7 Å². The zero-order valence-electron chi connectivity index (χ0n) is 14.3. The summed E-state index contributed by atoms with van der Waals surface area (Å²) in [6.07, 6.45) is 0.659. The summed E-state index contributed by atoms with van der Waals surface area (Å²) >= 11 is 1.47. The largest absolute Gasteiger partial charge is 0.348 e. The highest BCUT2D eigenvalue weighted by Crippen LogP contribution is 2.26. The average Bonchev–Trinajstić information content (AvgIpc) is 3.11. The van der Waals surface area contributed by atoms with Crippen LogP contribution in [0.2, 0.25) is 0 Å². The number of hydrogen-bond acceptors (Lipinski definition) is 4. The lowest BCUT2D eigenvalue weighted by atomic mass is 9.99. The molecule has 1 atom stereocenters. The predicted octanol–water partition coefficient (Wildman–Crippen LogP) is 3.16. The molecule has 26 heavy (non-hydrogen) atoms. The second-order valence-electron chi connectivity index (χ2n) is 6.01. The average molecular weight is 398 g/mol. The number of fused-ring (bicyclic) bond motifs is 1. The molecule has 1 unspecified atom stereocenters. The zero-order chi connectivity index (χ0) is 17.8. The van der Waals surface area contributed by atoms with Crippen molar-refractivity contribution in [1.82, 2.24) is 10.6 Å². The van der Waals surface area contributed by atoms with Gasteiger partial charge in [0.05, 0.1) is 18.2 Å². The van der Waals surface area contributed by atoms with Crippen molar-refractivity contribution in [2.45, 2.75) is 32.4 Å². The van der Waals surface area contributed by atoms with Gasteiger partial charge in [0.25, 0.3) is 0 Å². The van der Waals surface area contributed by atoms with Crippen LogP contribution >= 0.6 is 23.7 Å². The van der Waals surface area contributed by atoms with Gasteiger partial charge in [-0.05, 0) is 41.6 Å². The summed E-state index contributed by atoms with van der Waals surface area (Å²) in [6, 6.07) is 6.75. The van der Waals surface area contributed by atoms with Crippen LogP contribution in [0.5, 0.6) is 0 Å². The summed E-state index contributed by atoms with van der Waals surface area (Å²) in [6.45, 7) is 2.78. The molecular weight excluding hydrogens is 377 g/mol. The number of benzene rings is 1. The van der Waals surface area contributed by atoms with Crippen molar-refractivity contribution in [3.63, 3.8) is 0 Å². The molecule has 0 fully saturated rings. The van der Waals surface area contributed by atoms with Gasteiger partial charge in [-0.1, -0.05) is 12.1 Å². The molecule has 0 aliphatic carbocycles. The van der Waals surface area contributed by atoms with Gasteiger partial charge in [0, 0.05) is 18.3 Å². The SMILES string of the molecule is CC(=O)NC(CC(=O)Nc1ccc2c(c1F)CCNC2)c1cccs1.Cl. The Balaban J connectivity index is 0.00000243. The minimum atomic E-state index is -0.414. The lowest BCUT2D eigenvalue weighted by molar-refractivity contribution is -0.120. The van der Waals surface area contributed by atoms with Gasteiger partial charge in [0.15, 0.2) is 0 Å². The molecule has 3 N–H and O–H groups in total. The highest BCUT2D eigenvalue weighted by Gasteiger charge is 2.21. The maximum absolute atomic E-state index is 14.6. The van der Waals surface area contributed by atoms with Gasteiger partial charge in [0.1, 0.15) is 5.82 Å². The maximum atomic E-state index is 14.6. The summed E-state index contributed by atoms with van der Waals surface area (Å²) < 4.78 is 14.6. The van der Waals surface area contributed by atoms with E-state index in [-0.39, 0.29) is 42.1 Å². The molecule has 2 heterocycles. The van der Waals surface area contributed by atoms with Crippen molar-refractivity contribution < 1.29 is 14.0 Å². The van der Waals surface area contributed by atoms with Crippen molar-refractivity contribution in [1.29, 1.82) is 0 Å². The smallest absolute Gasteiger partial charge is 0.226 e. The molecule has 0 radical (unpaired) electrons. The van der Waals surface area contributed by atoms with Crippen LogP contribution in [0.25, 0.3) is 0 Å². The van der Waals surface area contributed by atoms with Gasteiger partial charge < -0.3 is 16.0 Å². The number of anilines is 1. The van der Waals surface area contributed by atoms with Crippen LogP contribution in [0.15, 0.2) is 29.6 Å². The molecule has 1 aliphatic heterocycles. The molecule has 1 aromatic heterocycles. The number of halogens is 2. The Morgan fingerprint density at radius 2 is 2.15 bits per heavy atom. The zero-order valence-corrected chi connectivity index (χ0v) is 15.9. The van der Waals surface area contributed by atoms with Crippen molar-refractivity contribution in [2.24, 2.45) is 0 Å². The molecule has 0 bridgehead atoms. The summed E-state index contributed by atoms with van der Waals surface area (Å²) in [7, 11) is 0. The second kappa shape index (κ2) is 9.12. The maximum Gasteiger partial charge on any atom is 0.226 e. The van der Waals surface area contributed by atoms with Crippen molar-refractivity contribution >= 4 is 41.2 Å². The molecule has 1 aliphatic rings. The Bertz CT molecular complexity index is 783. The Hall–Kier alpha value is -1.96. The highest BCUT2D eigenvalue weighted by atomic mass is 35.5. The first kappa shape index (κ1) is 20.4. The minimum Gasteiger partial charge on any atom is -0.348 e. The van der Waals surface area contributed by atoms with E-state index in [2.05, 4.69) is 16.0 Å². The van der Waals surface area contributed by atoms with E-state index in [0.717, 1.165) is 17.0 Å². The van der Waals surface area contributed by atoms with Crippen LogP contribution in [0.4, 0.5) is 10.1 Å². The quantitative estimate of drug-likeness (QED) is 0.725. The number of hydrogen-bond donors (Lipinski definition) is 3. The van der Waals surface area contributed by atoms with Crippen molar-refractivity contribution in [3.8, 4) is 0 Å². The van der Waals surface area contributed by atoms with Crippen molar-refractivity contribution in [2.75, 3.05) is 11.9 Å². The van der Waals surface area contributed by atoms with E-state index in [1.807, 2.05) is 23.6 Å². The fourth-order valence-electron chi connectivity index (χ4n) is 2.97. The van der Waals surface area contributed by atoms with E-state index in [1.54, 1.807) is 6.07 Å². The van der Waals surface area contributed by atoms with E-state index in [9.17, 15) is 14.0 Å². The molecule has 3 rings (SSSR count). The predicted molar refractivity (Wildman–Crippen MR) is 103 cm³/mol. The molecule has 2 amide bonds. The summed E-state index contributed by atoms with van der Waals surface area (Å²) in [4.78, 5) is 24.7. The molecular formula is C18H21ClFN3O2S. The first-order chi connectivity index (χ1) is 12.0. The van der Waals surface area contributed by atoms with E-state index < -0.39 is 6.04 Å². The number of amides is 2. The monoisotopic (exact) mass is 397 g/mol. The third-order valence-corrected chi connectivity index (χ3v) is 5.12. The molecule has 140 valence electrons. The summed E-state index contributed by atoms with van der Waals surface area (Å²) in [5, 5.41) is 10.5. The van der Waals surface area contributed by atoms with Crippen LogP contribution in [0, 0.1) is 5.82 Å². The molecule has 0 saturated carbocycles. The van der Waals surface area contributed by atoms with E-state index in [1.165, 1.54) is 18.3 Å². The van der Waals surface area contributed by atoms with Gasteiger partial charge in [-0.3, -0.25) is 9.59 Å². The lowest BCUT2D eigenvalue weighted by Gasteiger charge is -2.20. The van der Waals surface area contributed by atoms with E-state index in [0.29, 0.717) is 18.5 Å². The first-order valence-electron chi connectivity index (χ1n) is 8.16. The van der Waals surface area contributed by atoms with Crippen LogP contribution in [0.1, 0.15) is 35.4 Å². The molecule has 0 spiro atoms. The Morgan fingerprint density at radius 1 is 1.35 bits per heavy atom. The van der Waals surface area contributed by atoms with E-state index in [4.69, 9.17) is 0 Å². The molecule has 5 nitrogen and oxygen atoms in total. The molecule has 2 aromatic rings. The van der Waals surface area contributed by atoms with Crippen LogP contribution in [0.3, 0.4) is 0 Å². The highest BCUT2D eigenvalue weighted by molar-refractivity contribution is 7.10. The fraction of sp³-hybridized carbons (Fsp3) is 0.333. The number of rotatable bonds is 5. The Labute approximate surface area is 161 Å². The third-order valence-electron chi connectivity index (χ3n) is 4.14. The molecule has 0 saturated heterocycles. The van der Waals surface area contributed by atoms with Gasteiger partial charge >= 0.3 is 0 Å². The Morgan fingerprint density at radius 3 is 2.85 bits per heavy atom. The van der Waals surface area contributed by atoms with Crippen LogP contribution in [-0.4, -0.2) is 18.4 Å². The van der Waals surface area contributed by atoms with Gasteiger partial charge in [0.2, 0.25) is 11.8 Å². The van der Waals surface area contributed by atoms with Gasteiger partial charge in [-0.25, -0.2) is 4.39 Å². The minimum absolute atomic E-state index is 0. The summed E-state index contributed by atoms with van der Waals surface area (Å²) in [5.41, 5.74) is 1.78. The normalized spacial score (nSPS) is 13.9. The van der Waals surface area contributed by atoms with E-state index >= 15 is 0 Å². The number of carbonyl (C=O) groups excluding carboxylic acids is 2. The standard InChI is InChI=1S/C18H20FN3O2S.ClH/c1-11(23)21-15(16-3-2-8-25-16)9-17(24)22-14-5-4-12-10-20-7-6-13(12)18(14)19;/h2-5,8,15,20H,6-7,9-10H2,1H3,(H,21,23)(H,22,24);1H. The number of nitrogens with one attached hydrogen (secondary N) is 3. The van der Waals surface area contributed by atoms with Crippen LogP contribution in [-0.2, 0) is 22.6 Å². The Kier molecular flexibility index (Phi) is 7.14.